The molecule has 0 saturated heterocycles. The zero-order chi connectivity index (χ0) is 18.6. The van der Waals surface area contributed by atoms with Crippen molar-refractivity contribution in [3.8, 4) is 0 Å². The maximum atomic E-state index is 12.6. The van der Waals surface area contributed by atoms with Crippen molar-refractivity contribution in [2.75, 3.05) is 10.6 Å². The van der Waals surface area contributed by atoms with E-state index in [0.717, 1.165) is 28.9 Å². The summed E-state index contributed by atoms with van der Waals surface area (Å²) in [5.41, 5.74) is 2.56. The molecule has 0 aliphatic rings. The van der Waals surface area contributed by atoms with Crippen LogP contribution in [0.25, 0.3) is 0 Å². The fourth-order valence-electron chi connectivity index (χ4n) is 2.19. The summed E-state index contributed by atoms with van der Waals surface area (Å²) in [4.78, 5) is 11.8. The summed E-state index contributed by atoms with van der Waals surface area (Å²) in [6, 6.07) is 10.6. The Labute approximate surface area is 145 Å². The lowest BCUT2D eigenvalue weighted by atomic mass is 10.1. The Balaban J connectivity index is 2.06. The van der Waals surface area contributed by atoms with E-state index in [4.69, 9.17) is 0 Å². The fraction of sp³-hybridized carbons (Fsp3) is 0.316. The van der Waals surface area contributed by atoms with Gasteiger partial charge in [0.25, 0.3) is 0 Å². The van der Waals surface area contributed by atoms with Crippen molar-refractivity contribution in [2.24, 2.45) is 5.92 Å². The van der Waals surface area contributed by atoms with Crippen LogP contribution >= 0.6 is 0 Å². The molecule has 1 amide bonds. The van der Waals surface area contributed by atoms with Crippen LogP contribution in [0.5, 0.6) is 0 Å². The number of halogens is 3. The molecule has 0 radical (unpaired) electrons. The normalized spacial score (nSPS) is 11.5. The van der Waals surface area contributed by atoms with Crippen LogP contribution in [0.4, 0.5) is 24.5 Å². The van der Waals surface area contributed by atoms with Gasteiger partial charge in [0.1, 0.15) is 0 Å². The molecule has 0 fully saturated rings. The van der Waals surface area contributed by atoms with Crippen LogP contribution in [-0.4, -0.2) is 5.91 Å². The van der Waals surface area contributed by atoms with Gasteiger partial charge in [-0.05, 0) is 42.3 Å². The van der Waals surface area contributed by atoms with Crippen LogP contribution in [-0.2, 0) is 17.5 Å². The minimum absolute atomic E-state index is 0.0717. The predicted octanol–water partition coefficient (Wildman–Crippen LogP) is 5.22. The summed E-state index contributed by atoms with van der Waals surface area (Å²) >= 11 is 0. The second-order valence-corrected chi connectivity index (χ2v) is 6.22. The van der Waals surface area contributed by atoms with E-state index in [0.29, 0.717) is 12.2 Å². The van der Waals surface area contributed by atoms with E-state index in [1.54, 1.807) is 0 Å². The molecule has 2 rings (SSSR count). The maximum Gasteiger partial charge on any atom is 0.416 e. The van der Waals surface area contributed by atoms with Gasteiger partial charge in [-0.25, -0.2) is 0 Å². The van der Waals surface area contributed by atoms with Crippen molar-refractivity contribution in [1.29, 1.82) is 0 Å². The highest BCUT2D eigenvalue weighted by Gasteiger charge is 2.29. The van der Waals surface area contributed by atoms with E-state index >= 15 is 0 Å². The molecule has 25 heavy (non-hydrogen) atoms. The Kier molecular flexibility index (Phi) is 5.72. The summed E-state index contributed by atoms with van der Waals surface area (Å²) in [5.74, 6) is -0.192. The van der Waals surface area contributed by atoms with Gasteiger partial charge < -0.3 is 10.6 Å². The van der Waals surface area contributed by atoms with Crippen LogP contribution in [0.2, 0.25) is 0 Å². The second-order valence-electron chi connectivity index (χ2n) is 6.22. The monoisotopic (exact) mass is 350 g/mol. The molecule has 3 nitrogen and oxygen atoms in total. The number of nitrogens with one attached hydrogen (secondary N) is 2. The lowest BCUT2D eigenvalue weighted by molar-refractivity contribution is -0.137. The van der Waals surface area contributed by atoms with Crippen molar-refractivity contribution in [3.63, 3.8) is 0 Å². The number of amides is 1. The van der Waals surface area contributed by atoms with Crippen LogP contribution in [0.15, 0.2) is 42.5 Å². The number of anilines is 2. The van der Waals surface area contributed by atoms with Gasteiger partial charge in [-0.2, -0.15) is 13.2 Å². The molecule has 2 N–H and O–H groups in total. The zero-order valence-electron chi connectivity index (χ0n) is 14.4. The SMILES string of the molecule is Cc1ccc(NC(=O)C(C)C)cc1NCc1ccc(C(F)(F)F)cc1. The van der Waals surface area contributed by atoms with Crippen molar-refractivity contribution in [1.82, 2.24) is 0 Å². The molecule has 0 aliphatic heterocycles. The van der Waals surface area contributed by atoms with Crippen LogP contribution in [0, 0.1) is 12.8 Å². The van der Waals surface area contributed by atoms with E-state index in [2.05, 4.69) is 10.6 Å². The number of carbonyl (C=O) groups excluding carboxylic acids is 1. The Hall–Kier alpha value is -2.50. The third-order valence-electron chi connectivity index (χ3n) is 3.79. The summed E-state index contributed by atoms with van der Waals surface area (Å²) < 4.78 is 37.7. The molecular formula is C19H21F3N2O. The van der Waals surface area contributed by atoms with Crippen LogP contribution < -0.4 is 10.6 Å². The van der Waals surface area contributed by atoms with E-state index < -0.39 is 11.7 Å². The molecule has 0 unspecified atom stereocenters. The molecule has 0 heterocycles. The van der Waals surface area contributed by atoms with Gasteiger partial charge in [-0.1, -0.05) is 32.0 Å². The molecule has 0 spiro atoms. The van der Waals surface area contributed by atoms with Gasteiger partial charge in [0.2, 0.25) is 5.91 Å². The van der Waals surface area contributed by atoms with Crippen molar-refractivity contribution in [2.45, 2.75) is 33.5 Å². The maximum absolute atomic E-state index is 12.6. The van der Waals surface area contributed by atoms with Crippen molar-refractivity contribution >= 4 is 17.3 Å². The van der Waals surface area contributed by atoms with Gasteiger partial charge in [0.15, 0.2) is 0 Å². The number of benzene rings is 2. The van der Waals surface area contributed by atoms with Gasteiger partial charge >= 0.3 is 6.18 Å². The average Bonchev–Trinajstić information content (AvgIpc) is 2.54. The third kappa shape index (κ3) is 5.24. The quantitative estimate of drug-likeness (QED) is 0.776. The second kappa shape index (κ2) is 7.59. The predicted molar refractivity (Wildman–Crippen MR) is 93.4 cm³/mol. The standard InChI is InChI=1S/C19H21F3N2O/c1-12(2)18(25)24-16-9-4-13(3)17(10-16)23-11-14-5-7-15(8-6-14)19(20,21)22/h4-10,12,23H,11H2,1-3H3,(H,24,25). The molecule has 0 saturated carbocycles. The minimum atomic E-state index is -4.33. The molecule has 0 atom stereocenters. The molecule has 0 aliphatic carbocycles. The highest BCUT2D eigenvalue weighted by atomic mass is 19.4. The number of alkyl halides is 3. The topological polar surface area (TPSA) is 41.1 Å². The van der Waals surface area contributed by atoms with Gasteiger partial charge in [0, 0.05) is 23.8 Å². The summed E-state index contributed by atoms with van der Waals surface area (Å²) in [6.07, 6.45) is -4.33. The Morgan fingerprint density at radius 2 is 1.72 bits per heavy atom. The van der Waals surface area contributed by atoms with Crippen LogP contribution in [0.1, 0.15) is 30.5 Å². The summed E-state index contributed by atoms with van der Waals surface area (Å²) in [6.45, 7) is 5.93. The van der Waals surface area contributed by atoms with Gasteiger partial charge in [0.05, 0.1) is 5.56 Å². The summed E-state index contributed by atoms with van der Waals surface area (Å²) in [7, 11) is 0. The van der Waals surface area contributed by atoms with E-state index in [1.807, 2.05) is 39.0 Å². The Bertz CT molecular complexity index is 737. The molecule has 0 bridgehead atoms. The molecule has 2 aromatic carbocycles. The van der Waals surface area contributed by atoms with E-state index in [9.17, 15) is 18.0 Å². The largest absolute Gasteiger partial charge is 0.416 e. The first-order valence-electron chi connectivity index (χ1n) is 7.98. The molecule has 0 aromatic heterocycles. The number of rotatable bonds is 5. The molecule has 134 valence electrons. The number of carbonyl (C=O) groups is 1. The molecular weight excluding hydrogens is 329 g/mol. The Morgan fingerprint density at radius 1 is 1.08 bits per heavy atom. The zero-order valence-corrected chi connectivity index (χ0v) is 14.4. The van der Waals surface area contributed by atoms with E-state index in [-0.39, 0.29) is 11.8 Å². The minimum Gasteiger partial charge on any atom is -0.381 e. The smallest absolute Gasteiger partial charge is 0.381 e. The lowest BCUT2D eigenvalue weighted by Crippen LogP contribution is -2.17. The number of hydrogen-bond donors (Lipinski definition) is 2. The van der Waals surface area contributed by atoms with Crippen LogP contribution in [0.3, 0.4) is 0 Å². The first kappa shape index (κ1) is 18.8. The van der Waals surface area contributed by atoms with Crippen molar-refractivity contribution < 1.29 is 18.0 Å². The summed E-state index contributed by atoms with van der Waals surface area (Å²) in [5, 5.41) is 6.03. The highest BCUT2D eigenvalue weighted by Crippen LogP contribution is 2.29. The highest BCUT2D eigenvalue weighted by molar-refractivity contribution is 5.92. The van der Waals surface area contributed by atoms with Gasteiger partial charge in [-0.3, -0.25) is 4.79 Å². The fourth-order valence-corrected chi connectivity index (χ4v) is 2.19. The first-order valence-corrected chi connectivity index (χ1v) is 7.98. The lowest BCUT2D eigenvalue weighted by Gasteiger charge is -2.14. The number of aryl methyl sites for hydroxylation is 1. The average molecular weight is 350 g/mol. The van der Waals surface area contributed by atoms with E-state index in [1.165, 1.54) is 12.1 Å². The number of hydrogen-bond acceptors (Lipinski definition) is 2. The van der Waals surface area contributed by atoms with Gasteiger partial charge in [-0.15, -0.1) is 0 Å². The first-order chi connectivity index (χ1) is 11.7. The molecule has 6 heteroatoms. The molecule has 2 aromatic rings. The third-order valence-corrected chi connectivity index (χ3v) is 3.79. The Morgan fingerprint density at radius 3 is 2.28 bits per heavy atom. The van der Waals surface area contributed by atoms with Crippen molar-refractivity contribution in [3.05, 3.63) is 59.2 Å².